The molecule has 0 amide bonds. The molecule has 2 rings (SSSR count). The molecule has 1 unspecified atom stereocenters. The maximum absolute atomic E-state index is 13.6. The molecular formula is C11H13ClFNO. The average Bonchev–Trinajstić information content (AvgIpc) is 2.18. The van der Waals surface area contributed by atoms with Gasteiger partial charge in [0.25, 0.3) is 0 Å². The van der Waals surface area contributed by atoms with Gasteiger partial charge in [0, 0.05) is 17.1 Å². The molecule has 15 heavy (non-hydrogen) atoms. The van der Waals surface area contributed by atoms with E-state index in [0.29, 0.717) is 18.0 Å². The number of hydrogen-bond donors (Lipinski definition) is 2. The fourth-order valence-corrected chi connectivity index (χ4v) is 2.38. The predicted octanol–water partition coefficient (Wildman–Crippen LogP) is 2.05. The van der Waals surface area contributed by atoms with Gasteiger partial charge in [-0.1, -0.05) is 17.7 Å². The number of halogens is 2. The topological polar surface area (TPSA) is 32.3 Å². The normalized spacial score (nSPS) is 26.6. The largest absolute Gasteiger partial charge is 0.384 e. The third kappa shape index (κ3) is 2.00. The molecule has 0 bridgehead atoms. The maximum atomic E-state index is 13.6. The van der Waals surface area contributed by atoms with Gasteiger partial charge in [0.1, 0.15) is 11.4 Å². The van der Waals surface area contributed by atoms with Gasteiger partial charge < -0.3 is 10.4 Å². The monoisotopic (exact) mass is 229 g/mol. The van der Waals surface area contributed by atoms with Gasteiger partial charge in [-0.2, -0.15) is 0 Å². The summed E-state index contributed by atoms with van der Waals surface area (Å²) >= 11 is 5.92. The van der Waals surface area contributed by atoms with E-state index in [-0.39, 0.29) is 5.56 Å². The Bertz CT molecular complexity index is 343. The zero-order valence-electron chi connectivity index (χ0n) is 8.26. The van der Waals surface area contributed by atoms with E-state index in [1.54, 1.807) is 12.1 Å². The van der Waals surface area contributed by atoms with Crippen LogP contribution in [0.25, 0.3) is 0 Å². The summed E-state index contributed by atoms with van der Waals surface area (Å²) < 4.78 is 13.6. The Hall–Kier alpha value is -0.640. The molecule has 82 valence electrons. The van der Waals surface area contributed by atoms with Gasteiger partial charge in [0.2, 0.25) is 0 Å². The molecule has 2 nitrogen and oxygen atoms in total. The molecule has 0 aliphatic carbocycles. The summed E-state index contributed by atoms with van der Waals surface area (Å²) in [6, 6.07) is 4.47. The molecule has 1 saturated heterocycles. The first-order valence-corrected chi connectivity index (χ1v) is 5.39. The van der Waals surface area contributed by atoms with Crippen molar-refractivity contribution in [2.75, 3.05) is 13.1 Å². The molecule has 1 aliphatic heterocycles. The van der Waals surface area contributed by atoms with Crippen LogP contribution < -0.4 is 5.32 Å². The first-order valence-electron chi connectivity index (χ1n) is 5.01. The SMILES string of the molecule is OC1(c2c(F)cccc2Cl)CCCNC1. The Morgan fingerprint density at radius 1 is 1.47 bits per heavy atom. The molecule has 0 aromatic heterocycles. The lowest BCUT2D eigenvalue weighted by Crippen LogP contribution is -2.44. The Morgan fingerprint density at radius 2 is 2.27 bits per heavy atom. The summed E-state index contributed by atoms with van der Waals surface area (Å²) in [6.45, 7) is 1.21. The van der Waals surface area contributed by atoms with Crippen molar-refractivity contribution in [1.29, 1.82) is 0 Å². The standard InChI is InChI=1S/C11H13ClFNO/c12-8-3-1-4-9(13)10(8)11(15)5-2-6-14-7-11/h1,3-4,14-15H,2,5-7H2. The first-order chi connectivity index (χ1) is 7.13. The van der Waals surface area contributed by atoms with Crippen LogP contribution in [0.3, 0.4) is 0 Å². The van der Waals surface area contributed by atoms with E-state index in [9.17, 15) is 9.50 Å². The molecule has 0 saturated carbocycles. The number of nitrogens with one attached hydrogen (secondary N) is 1. The highest BCUT2D eigenvalue weighted by atomic mass is 35.5. The second-order valence-corrected chi connectivity index (χ2v) is 4.32. The van der Waals surface area contributed by atoms with E-state index in [2.05, 4.69) is 5.32 Å². The Labute approximate surface area is 93.1 Å². The van der Waals surface area contributed by atoms with Crippen molar-refractivity contribution in [3.63, 3.8) is 0 Å². The molecule has 1 aromatic carbocycles. The molecule has 1 aliphatic rings. The molecule has 4 heteroatoms. The number of aliphatic hydroxyl groups is 1. The van der Waals surface area contributed by atoms with Gasteiger partial charge in [0.05, 0.1) is 0 Å². The second-order valence-electron chi connectivity index (χ2n) is 3.91. The van der Waals surface area contributed by atoms with Gasteiger partial charge in [-0.05, 0) is 31.5 Å². The highest BCUT2D eigenvalue weighted by molar-refractivity contribution is 6.31. The van der Waals surface area contributed by atoms with Gasteiger partial charge in [-0.15, -0.1) is 0 Å². The van der Waals surface area contributed by atoms with Crippen LogP contribution in [-0.2, 0) is 5.60 Å². The third-order valence-corrected chi connectivity index (χ3v) is 3.10. The maximum Gasteiger partial charge on any atom is 0.130 e. The predicted molar refractivity (Wildman–Crippen MR) is 57.4 cm³/mol. The molecule has 1 aromatic rings. The minimum atomic E-state index is -1.17. The highest BCUT2D eigenvalue weighted by Gasteiger charge is 2.35. The van der Waals surface area contributed by atoms with Gasteiger partial charge in [-0.25, -0.2) is 4.39 Å². The van der Waals surface area contributed by atoms with E-state index in [1.165, 1.54) is 6.07 Å². The van der Waals surface area contributed by atoms with Crippen LogP contribution in [0.1, 0.15) is 18.4 Å². The lowest BCUT2D eigenvalue weighted by atomic mass is 9.86. The van der Waals surface area contributed by atoms with E-state index >= 15 is 0 Å². The second kappa shape index (κ2) is 4.08. The zero-order chi connectivity index (χ0) is 10.9. The molecule has 1 fully saturated rings. The van der Waals surface area contributed by atoms with Crippen LogP contribution >= 0.6 is 11.6 Å². The van der Waals surface area contributed by atoms with Crippen LogP contribution in [-0.4, -0.2) is 18.2 Å². The number of piperidine rings is 1. The fraction of sp³-hybridized carbons (Fsp3) is 0.455. The van der Waals surface area contributed by atoms with Crippen molar-refractivity contribution in [2.45, 2.75) is 18.4 Å². The molecule has 0 spiro atoms. The van der Waals surface area contributed by atoms with Gasteiger partial charge in [-0.3, -0.25) is 0 Å². The van der Waals surface area contributed by atoms with Crippen molar-refractivity contribution < 1.29 is 9.50 Å². The van der Waals surface area contributed by atoms with Gasteiger partial charge in [0.15, 0.2) is 0 Å². The van der Waals surface area contributed by atoms with Crippen LogP contribution in [0.2, 0.25) is 5.02 Å². The summed E-state index contributed by atoms with van der Waals surface area (Å²) in [4.78, 5) is 0. The van der Waals surface area contributed by atoms with Gasteiger partial charge >= 0.3 is 0 Å². The van der Waals surface area contributed by atoms with Crippen molar-refractivity contribution in [3.05, 3.63) is 34.6 Å². The lowest BCUT2D eigenvalue weighted by molar-refractivity contribution is 0.00920. The Kier molecular flexibility index (Phi) is 2.96. The van der Waals surface area contributed by atoms with Crippen molar-refractivity contribution in [1.82, 2.24) is 5.32 Å². The van der Waals surface area contributed by atoms with Crippen LogP contribution in [0.15, 0.2) is 18.2 Å². The van der Waals surface area contributed by atoms with E-state index in [4.69, 9.17) is 11.6 Å². The smallest absolute Gasteiger partial charge is 0.130 e. The Balaban J connectivity index is 2.42. The third-order valence-electron chi connectivity index (χ3n) is 2.79. The summed E-state index contributed by atoms with van der Waals surface area (Å²) in [6.07, 6.45) is 1.36. The van der Waals surface area contributed by atoms with E-state index < -0.39 is 11.4 Å². The molecule has 1 atom stereocenters. The number of rotatable bonds is 1. The number of β-amino-alcohol motifs (C(OH)–C–C–N with tert-alkyl or cyclic N) is 1. The number of benzene rings is 1. The Morgan fingerprint density at radius 3 is 2.87 bits per heavy atom. The summed E-state index contributed by atoms with van der Waals surface area (Å²) in [7, 11) is 0. The molecule has 0 radical (unpaired) electrons. The zero-order valence-corrected chi connectivity index (χ0v) is 9.02. The summed E-state index contributed by atoms with van der Waals surface area (Å²) in [5.41, 5.74) is -0.945. The van der Waals surface area contributed by atoms with Crippen LogP contribution in [0.5, 0.6) is 0 Å². The van der Waals surface area contributed by atoms with Crippen molar-refractivity contribution in [2.24, 2.45) is 0 Å². The van der Waals surface area contributed by atoms with Crippen LogP contribution in [0, 0.1) is 5.82 Å². The summed E-state index contributed by atoms with van der Waals surface area (Å²) in [5, 5.41) is 13.7. The molecule has 1 heterocycles. The minimum Gasteiger partial charge on any atom is -0.384 e. The lowest BCUT2D eigenvalue weighted by Gasteiger charge is -2.33. The minimum absolute atomic E-state index is 0.221. The van der Waals surface area contributed by atoms with E-state index in [0.717, 1.165) is 13.0 Å². The van der Waals surface area contributed by atoms with E-state index in [1.807, 2.05) is 0 Å². The van der Waals surface area contributed by atoms with Crippen molar-refractivity contribution >= 4 is 11.6 Å². The molecule has 2 N–H and O–H groups in total. The van der Waals surface area contributed by atoms with Crippen molar-refractivity contribution in [3.8, 4) is 0 Å². The summed E-state index contributed by atoms with van der Waals surface area (Å²) in [5.74, 6) is -0.436. The first kappa shape index (κ1) is 10.9. The fourth-order valence-electron chi connectivity index (χ4n) is 2.05. The molecular weight excluding hydrogens is 217 g/mol. The van der Waals surface area contributed by atoms with Crippen LogP contribution in [0.4, 0.5) is 4.39 Å². The quantitative estimate of drug-likeness (QED) is 0.773. The average molecular weight is 230 g/mol. The number of hydrogen-bond acceptors (Lipinski definition) is 2. The highest BCUT2D eigenvalue weighted by Crippen LogP contribution is 2.34.